The first-order valence-electron chi connectivity index (χ1n) is 9.64. The minimum atomic E-state index is -1.04. The summed E-state index contributed by atoms with van der Waals surface area (Å²) in [6.45, 7) is 4.55. The smallest absolute Gasteiger partial charge is 0.337 e. The van der Waals surface area contributed by atoms with E-state index in [2.05, 4.69) is 5.32 Å². The van der Waals surface area contributed by atoms with Crippen LogP contribution in [0.5, 0.6) is 0 Å². The Balaban J connectivity index is 2.66. The molecule has 10 heteroatoms. The Morgan fingerprint density at radius 1 is 1.23 bits per heavy atom. The van der Waals surface area contributed by atoms with Crippen LogP contribution >= 0.6 is 0 Å². The minimum absolute atomic E-state index is 0.0130. The summed E-state index contributed by atoms with van der Waals surface area (Å²) in [4.78, 5) is 36.6. The van der Waals surface area contributed by atoms with E-state index in [1.807, 2.05) is 0 Å². The molecule has 0 amide bonds. The van der Waals surface area contributed by atoms with Gasteiger partial charge in [0.05, 0.1) is 47.0 Å². The predicted octanol–water partition coefficient (Wildman–Crippen LogP) is 1.94. The van der Waals surface area contributed by atoms with Gasteiger partial charge in [-0.15, -0.1) is 0 Å². The summed E-state index contributed by atoms with van der Waals surface area (Å²) in [5.41, 5.74) is 0.681. The highest BCUT2D eigenvalue weighted by atomic mass is 16.6. The monoisotopic (exact) mass is 434 g/mol. The third-order valence-electron chi connectivity index (χ3n) is 4.52. The zero-order valence-electron chi connectivity index (χ0n) is 17.8. The average Bonchev–Trinajstić information content (AvgIpc) is 2.72. The number of non-ortho nitro benzene ring substituents is 1. The van der Waals surface area contributed by atoms with Crippen LogP contribution in [0, 0.1) is 10.1 Å². The Morgan fingerprint density at radius 2 is 1.94 bits per heavy atom. The zero-order chi connectivity index (χ0) is 23.1. The van der Waals surface area contributed by atoms with Crippen molar-refractivity contribution in [1.82, 2.24) is 5.32 Å². The first kappa shape index (κ1) is 24.0. The molecule has 0 bridgehead atoms. The van der Waals surface area contributed by atoms with Crippen LogP contribution in [-0.4, -0.2) is 55.0 Å². The van der Waals surface area contributed by atoms with E-state index in [0.29, 0.717) is 11.3 Å². The summed E-state index contributed by atoms with van der Waals surface area (Å²) in [5.74, 6) is -2.51. The van der Waals surface area contributed by atoms with Gasteiger partial charge in [-0.2, -0.15) is 0 Å². The van der Waals surface area contributed by atoms with E-state index in [9.17, 15) is 24.8 Å². The van der Waals surface area contributed by atoms with Crippen molar-refractivity contribution in [2.45, 2.75) is 32.8 Å². The van der Waals surface area contributed by atoms with Gasteiger partial charge < -0.3 is 24.6 Å². The number of benzene rings is 1. The SMILES string of the molecule is COCCOC(=O)C1=C(C)NC(CO)=C(C(=O)OC(C)C)C1c1cccc([N+](=O)[O-])c1. The molecule has 0 aliphatic carbocycles. The van der Waals surface area contributed by atoms with Crippen molar-refractivity contribution in [2.75, 3.05) is 26.9 Å². The molecule has 1 heterocycles. The standard InChI is InChI=1S/C21H26N2O8/c1-12(2)31-21(26)19-16(11-24)22-13(3)17(20(25)30-9-8-29-4)18(19)14-6-5-7-15(10-14)23(27)28/h5-7,10,12,18,22,24H,8-9,11H2,1-4H3. The Morgan fingerprint density at radius 3 is 2.52 bits per heavy atom. The largest absolute Gasteiger partial charge is 0.460 e. The lowest BCUT2D eigenvalue weighted by molar-refractivity contribution is -0.384. The number of carbonyl (C=O) groups is 2. The van der Waals surface area contributed by atoms with Crippen LogP contribution in [0.3, 0.4) is 0 Å². The molecule has 0 aromatic heterocycles. The first-order chi connectivity index (χ1) is 14.7. The molecule has 1 aromatic carbocycles. The minimum Gasteiger partial charge on any atom is -0.460 e. The van der Waals surface area contributed by atoms with Crippen molar-refractivity contribution < 1.29 is 33.8 Å². The molecular weight excluding hydrogens is 408 g/mol. The second-order valence-electron chi connectivity index (χ2n) is 7.08. The lowest BCUT2D eigenvalue weighted by atomic mass is 9.80. The highest BCUT2D eigenvalue weighted by molar-refractivity contribution is 6.00. The lowest BCUT2D eigenvalue weighted by Crippen LogP contribution is -2.35. The summed E-state index contributed by atoms with van der Waals surface area (Å²) in [7, 11) is 1.46. The molecule has 0 radical (unpaired) electrons. The Hall–Kier alpha value is -3.24. The van der Waals surface area contributed by atoms with E-state index < -0.39 is 35.5 Å². The molecule has 10 nitrogen and oxygen atoms in total. The van der Waals surface area contributed by atoms with Crippen molar-refractivity contribution in [3.05, 3.63) is 62.5 Å². The molecule has 2 rings (SSSR count). The normalized spacial score (nSPS) is 16.3. The summed E-state index contributed by atoms with van der Waals surface area (Å²) < 4.78 is 15.5. The van der Waals surface area contributed by atoms with Gasteiger partial charge in [-0.05, 0) is 26.3 Å². The molecule has 1 atom stereocenters. The maximum Gasteiger partial charge on any atom is 0.337 e. The topological polar surface area (TPSA) is 137 Å². The molecule has 1 aliphatic heterocycles. The van der Waals surface area contributed by atoms with E-state index >= 15 is 0 Å². The van der Waals surface area contributed by atoms with Crippen LogP contribution in [0.1, 0.15) is 32.3 Å². The molecule has 1 aliphatic rings. The second kappa shape index (κ2) is 10.7. The number of nitrogens with one attached hydrogen (secondary N) is 1. The molecule has 0 saturated carbocycles. The number of nitrogens with zero attached hydrogens (tertiary/aromatic N) is 1. The van der Waals surface area contributed by atoms with Crippen LogP contribution in [0.2, 0.25) is 0 Å². The zero-order valence-corrected chi connectivity index (χ0v) is 17.8. The van der Waals surface area contributed by atoms with Crippen LogP contribution in [0.15, 0.2) is 46.8 Å². The average molecular weight is 434 g/mol. The predicted molar refractivity (Wildman–Crippen MR) is 110 cm³/mol. The van der Waals surface area contributed by atoms with Crippen molar-refractivity contribution in [3.63, 3.8) is 0 Å². The summed E-state index contributed by atoms with van der Waals surface area (Å²) in [5, 5.41) is 24.1. The highest BCUT2D eigenvalue weighted by Gasteiger charge is 2.39. The number of methoxy groups -OCH3 is 1. The molecular formula is C21H26N2O8. The second-order valence-corrected chi connectivity index (χ2v) is 7.08. The number of aliphatic hydroxyl groups excluding tert-OH is 1. The van der Waals surface area contributed by atoms with E-state index in [-0.39, 0.29) is 35.7 Å². The summed E-state index contributed by atoms with van der Waals surface area (Å²) in [6.07, 6.45) is -0.463. The molecule has 0 saturated heterocycles. The van der Waals surface area contributed by atoms with Gasteiger partial charge in [-0.3, -0.25) is 10.1 Å². The highest BCUT2D eigenvalue weighted by Crippen LogP contribution is 2.40. The van der Waals surface area contributed by atoms with Crippen LogP contribution in [0.25, 0.3) is 0 Å². The summed E-state index contributed by atoms with van der Waals surface area (Å²) in [6, 6.07) is 5.61. The van der Waals surface area contributed by atoms with Gasteiger partial charge in [-0.1, -0.05) is 12.1 Å². The number of dihydropyridines is 1. The number of aliphatic hydroxyl groups is 1. The number of allylic oxidation sites excluding steroid dienone is 1. The summed E-state index contributed by atoms with van der Waals surface area (Å²) >= 11 is 0. The van der Waals surface area contributed by atoms with Gasteiger partial charge in [0.2, 0.25) is 0 Å². The molecule has 168 valence electrons. The van der Waals surface area contributed by atoms with E-state index in [4.69, 9.17) is 14.2 Å². The third-order valence-corrected chi connectivity index (χ3v) is 4.52. The quantitative estimate of drug-likeness (QED) is 0.258. The Labute approximate surface area is 179 Å². The van der Waals surface area contributed by atoms with Gasteiger partial charge in [0.15, 0.2) is 0 Å². The molecule has 2 N–H and O–H groups in total. The number of ether oxygens (including phenoxy) is 3. The van der Waals surface area contributed by atoms with E-state index in [1.54, 1.807) is 26.8 Å². The van der Waals surface area contributed by atoms with Gasteiger partial charge >= 0.3 is 11.9 Å². The van der Waals surface area contributed by atoms with Gasteiger partial charge in [-0.25, -0.2) is 9.59 Å². The number of carbonyl (C=O) groups excluding carboxylic acids is 2. The lowest BCUT2D eigenvalue weighted by Gasteiger charge is -2.31. The van der Waals surface area contributed by atoms with Crippen LogP contribution in [0.4, 0.5) is 5.69 Å². The number of hydrogen-bond acceptors (Lipinski definition) is 9. The molecule has 0 spiro atoms. The first-order valence-corrected chi connectivity index (χ1v) is 9.64. The number of nitro benzene ring substituents is 1. The Bertz CT molecular complexity index is 920. The van der Waals surface area contributed by atoms with Gasteiger partial charge in [0.25, 0.3) is 5.69 Å². The third kappa shape index (κ3) is 5.68. The Kier molecular flexibility index (Phi) is 8.29. The molecule has 0 fully saturated rings. The maximum atomic E-state index is 13.0. The van der Waals surface area contributed by atoms with Gasteiger partial charge in [0.1, 0.15) is 6.61 Å². The fraction of sp³-hybridized carbons (Fsp3) is 0.429. The van der Waals surface area contributed by atoms with Gasteiger partial charge in [0, 0.05) is 24.9 Å². The fourth-order valence-electron chi connectivity index (χ4n) is 3.26. The van der Waals surface area contributed by atoms with Crippen LogP contribution < -0.4 is 5.32 Å². The van der Waals surface area contributed by atoms with Crippen molar-refractivity contribution in [3.8, 4) is 0 Å². The number of rotatable bonds is 9. The number of nitro groups is 1. The molecule has 1 unspecified atom stereocenters. The van der Waals surface area contributed by atoms with Crippen molar-refractivity contribution >= 4 is 17.6 Å². The molecule has 31 heavy (non-hydrogen) atoms. The molecule has 1 aromatic rings. The van der Waals surface area contributed by atoms with E-state index in [1.165, 1.54) is 25.3 Å². The van der Waals surface area contributed by atoms with E-state index in [0.717, 1.165) is 0 Å². The number of esters is 2. The fourth-order valence-corrected chi connectivity index (χ4v) is 3.26. The van der Waals surface area contributed by atoms with Crippen LogP contribution in [-0.2, 0) is 23.8 Å². The number of hydrogen-bond donors (Lipinski definition) is 2. The van der Waals surface area contributed by atoms with Crippen molar-refractivity contribution in [2.24, 2.45) is 0 Å². The maximum absolute atomic E-state index is 13.0. The van der Waals surface area contributed by atoms with Crippen molar-refractivity contribution in [1.29, 1.82) is 0 Å².